The van der Waals surface area contributed by atoms with Crippen molar-refractivity contribution in [2.24, 2.45) is 0 Å². The lowest BCUT2D eigenvalue weighted by Gasteiger charge is -2.10. The Kier molecular flexibility index (Phi) is 6.14. The Labute approximate surface area is 203 Å². The molecule has 6 nitrogen and oxygen atoms in total. The molecule has 0 atom stereocenters. The van der Waals surface area contributed by atoms with Crippen LogP contribution in [-0.4, -0.2) is 32.1 Å². The average Bonchev–Trinajstić information content (AvgIpc) is 2.93. The Morgan fingerprint density at radius 2 is 1.06 bits per heavy atom. The highest BCUT2D eigenvalue weighted by Gasteiger charge is 2.16. The van der Waals surface area contributed by atoms with Gasteiger partial charge in [0, 0.05) is 16.7 Å². The van der Waals surface area contributed by atoms with Gasteiger partial charge in [-0.15, -0.1) is 0 Å². The van der Waals surface area contributed by atoms with Crippen molar-refractivity contribution < 1.29 is 10.0 Å². The second-order valence-electron chi connectivity index (χ2n) is 7.95. The van der Waals surface area contributed by atoms with Crippen LogP contribution in [0.25, 0.3) is 45.3 Å². The maximum atomic E-state index is 9.64. The molecular weight excluding hydrogens is 435 g/mol. The van der Waals surface area contributed by atoms with Crippen LogP contribution in [0.4, 0.5) is 0 Å². The smallest absolute Gasteiger partial charge is 0.423 e. The van der Waals surface area contributed by atoms with Crippen LogP contribution < -0.4 is 5.46 Å². The molecule has 7 heteroatoms. The fraction of sp³-hybridized carbons (Fsp3) is 0. The number of rotatable bonds is 5. The molecule has 0 saturated heterocycles. The summed E-state index contributed by atoms with van der Waals surface area (Å²) in [6.45, 7) is 0. The summed E-state index contributed by atoms with van der Waals surface area (Å²) in [5.41, 5.74) is 4.61. The van der Waals surface area contributed by atoms with Gasteiger partial charge < -0.3 is 10.0 Å². The predicted octanol–water partition coefficient (Wildman–Crippen LogP) is 4.09. The van der Waals surface area contributed by atoms with Gasteiger partial charge >= 0.3 is 7.12 Å². The third-order valence-electron chi connectivity index (χ3n) is 5.54. The van der Waals surface area contributed by atoms with E-state index in [1.807, 2.05) is 84.9 Å². The molecule has 1 heterocycles. The van der Waals surface area contributed by atoms with Gasteiger partial charge in [0.15, 0.2) is 17.5 Å². The Balaban J connectivity index is 1.65. The first kappa shape index (κ1) is 22.2. The van der Waals surface area contributed by atoms with Gasteiger partial charge in [0.1, 0.15) is 0 Å². The lowest BCUT2D eigenvalue weighted by molar-refractivity contribution is 0.426. The molecule has 0 unspecified atom stereocenters. The molecule has 0 spiro atoms. The number of hydrogen-bond donors (Lipinski definition) is 2. The largest absolute Gasteiger partial charge is 0.488 e. The number of hydrogen-bond acceptors (Lipinski definition) is 6. The highest BCUT2D eigenvalue weighted by Crippen LogP contribution is 2.28. The van der Waals surface area contributed by atoms with Crippen LogP contribution in [0.1, 0.15) is 5.56 Å². The second-order valence-corrected chi connectivity index (χ2v) is 7.95. The molecule has 0 aliphatic rings. The minimum absolute atomic E-state index is 0.252. The molecule has 2 N–H and O–H groups in total. The normalized spacial score (nSPS) is 10.5. The van der Waals surface area contributed by atoms with Crippen molar-refractivity contribution in [3.63, 3.8) is 0 Å². The van der Waals surface area contributed by atoms with E-state index in [-0.39, 0.29) is 5.46 Å². The quantitative estimate of drug-likeness (QED) is 0.388. The first-order valence-corrected chi connectivity index (χ1v) is 11.0. The second kappa shape index (κ2) is 9.70. The standard InChI is InChI=1S/C28H19BN4O2/c30-18-19-14-24(17-25(15-19)29(34)35)22-12-7-13-23(16-22)28-32-26(20-8-3-1-4-9-20)31-27(33-28)21-10-5-2-6-11-21/h1-17,34-35H. The van der Waals surface area contributed by atoms with E-state index in [9.17, 15) is 15.3 Å². The molecule has 0 saturated carbocycles. The van der Waals surface area contributed by atoms with Crippen LogP contribution in [-0.2, 0) is 0 Å². The summed E-state index contributed by atoms with van der Waals surface area (Å²) in [6, 6.07) is 34.0. The summed E-state index contributed by atoms with van der Waals surface area (Å²) < 4.78 is 0. The van der Waals surface area contributed by atoms with E-state index in [1.165, 1.54) is 6.07 Å². The van der Waals surface area contributed by atoms with Gasteiger partial charge in [-0.05, 0) is 34.8 Å². The van der Waals surface area contributed by atoms with E-state index in [1.54, 1.807) is 12.1 Å². The summed E-state index contributed by atoms with van der Waals surface area (Å²) in [6.07, 6.45) is 0. The minimum Gasteiger partial charge on any atom is -0.423 e. The molecule has 1 aromatic heterocycles. The predicted molar refractivity (Wildman–Crippen MR) is 136 cm³/mol. The van der Waals surface area contributed by atoms with Crippen molar-refractivity contribution in [3.05, 3.63) is 109 Å². The molecule has 0 aliphatic heterocycles. The van der Waals surface area contributed by atoms with Crippen molar-refractivity contribution >= 4 is 12.6 Å². The van der Waals surface area contributed by atoms with Gasteiger partial charge in [-0.25, -0.2) is 15.0 Å². The number of aromatic nitrogens is 3. The lowest BCUT2D eigenvalue weighted by Crippen LogP contribution is -2.30. The van der Waals surface area contributed by atoms with Gasteiger partial charge in [-0.1, -0.05) is 84.9 Å². The molecule has 0 bridgehead atoms. The summed E-state index contributed by atoms with van der Waals surface area (Å²) in [5, 5.41) is 28.7. The topological polar surface area (TPSA) is 103 Å². The monoisotopic (exact) mass is 454 g/mol. The van der Waals surface area contributed by atoms with Crippen LogP contribution in [0.5, 0.6) is 0 Å². The highest BCUT2D eigenvalue weighted by atomic mass is 16.4. The van der Waals surface area contributed by atoms with Crippen molar-refractivity contribution in [1.82, 2.24) is 15.0 Å². The minimum atomic E-state index is -1.67. The molecular formula is C28H19BN4O2. The number of nitrogens with zero attached hydrogens (tertiary/aromatic N) is 4. The third-order valence-corrected chi connectivity index (χ3v) is 5.54. The van der Waals surface area contributed by atoms with E-state index in [4.69, 9.17) is 15.0 Å². The molecule has 166 valence electrons. The zero-order valence-electron chi connectivity index (χ0n) is 18.6. The van der Waals surface area contributed by atoms with Gasteiger partial charge in [0.2, 0.25) is 0 Å². The molecule has 5 aromatic rings. The van der Waals surface area contributed by atoms with Crippen LogP contribution >= 0.6 is 0 Å². The molecule has 5 rings (SSSR count). The van der Waals surface area contributed by atoms with Crippen LogP contribution in [0, 0.1) is 11.3 Å². The first-order chi connectivity index (χ1) is 17.1. The number of benzene rings is 4. The molecule has 0 aliphatic carbocycles. The average molecular weight is 454 g/mol. The fourth-order valence-corrected chi connectivity index (χ4v) is 3.81. The Hall–Kier alpha value is -4.64. The van der Waals surface area contributed by atoms with Crippen LogP contribution in [0.3, 0.4) is 0 Å². The summed E-state index contributed by atoms with van der Waals surface area (Å²) in [7, 11) is -1.67. The van der Waals surface area contributed by atoms with Crippen molar-refractivity contribution in [2.75, 3.05) is 0 Å². The maximum Gasteiger partial charge on any atom is 0.488 e. The number of nitriles is 1. The van der Waals surface area contributed by atoms with E-state index in [0.717, 1.165) is 22.3 Å². The van der Waals surface area contributed by atoms with Crippen molar-refractivity contribution in [3.8, 4) is 51.4 Å². The first-order valence-electron chi connectivity index (χ1n) is 11.0. The van der Waals surface area contributed by atoms with Crippen molar-refractivity contribution in [2.45, 2.75) is 0 Å². The van der Waals surface area contributed by atoms with Crippen LogP contribution in [0.2, 0.25) is 0 Å². The van der Waals surface area contributed by atoms with E-state index in [0.29, 0.717) is 28.6 Å². The Morgan fingerprint density at radius 3 is 1.60 bits per heavy atom. The highest BCUT2D eigenvalue weighted by molar-refractivity contribution is 6.58. The third kappa shape index (κ3) is 4.85. The van der Waals surface area contributed by atoms with Gasteiger partial charge in [0.25, 0.3) is 0 Å². The fourth-order valence-electron chi connectivity index (χ4n) is 3.81. The maximum absolute atomic E-state index is 9.64. The zero-order valence-corrected chi connectivity index (χ0v) is 18.6. The SMILES string of the molecule is N#Cc1cc(B(O)O)cc(-c2cccc(-c3nc(-c4ccccc4)nc(-c4ccccc4)n3)c2)c1. The lowest BCUT2D eigenvalue weighted by atomic mass is 9.78. The molecule has 0 amide bonds. The van der Waals surface area contributed by atoms with Gasteiger partial charge in [-0.3, -0.25) is 0 Å². The van der Waals surface area contributed by atoms with Gasteiger partial charge in [-0.2, -0.15) is 5.26 Å². The van der Waals surface area contributed by atoms with Crippen molar-refractivity contribution in [1.29, 1.82) is 5.26 Å². The van der Waals surface area contributed by atoms with E-state index < -0.39 is 7.12 Å². The Bertz CT molecular complexity index is 1480. The summed E-state index contributed by atoms with van der Waals surface area (Å²) >= 11 is 0. The molecule has 0 radical (unpaired) electrons. The Morgan fingerprint density at radius 1 is 0.543 bits per heavy atom. The molecule has 35 heavy (non-hydrogen) atoms. The molecule has 0 fully saturated rings. The zero-order chi connectivity index (χ0) is 24.2. The van der Waals surface area contributed by atoms with E-state index >= 15 is 0 Å². The van der Waals surface area contributed by atoms with E-state index in [2.05, 4.69) is 6.07 Å². The summed E-state index contributed by atoms with van der Waals surface area (Å²) in [4.78, 5) is 14.2. The van der Waals surface area contributed by atoms with Gasteiger partial charge in [0.05, 0.1) is 11.6 Å². The molecule has 4 aromatic carbocycles. The summed E-state index contributed by atoms with van der Waals surface area (Å²) in [5.74, 6) is 1.65. The van der Waals surface area contributed by atoms with Crippen LogP contribution in [0.15, 0.2) is 103 Å².